The minimum Gasteiger partial charge on any atom is -0.384 e. The molecular weight excluding hydrogens is 469 g/mol. The van der Waals surface area contributed by atoms with Gasteiger partial charge in [0.1, 0.15) is 17.5 Å². The second-order valence-corrected chi connectivity index (χ2v) is 9.89. The first-order valence-electron chi connectivity index (χ1n) is 11.3. The molecule has 0 saturated heterocycles. The molecule has 0 saturated carbocycles. The van der Waals surface area contributed by atoms with E-state index in [-0.39, 0.29) is 22.7 Å². The van der Waals surface area contributed by atoms with E-state index in [4.69, 9.17) is 0 Å². The SMILES string of the molecule is Cc1c(CN(C)C[C@@H](O)c2ncccn2)sc2c(=O)c(C(=O)NCC3C=CC(F)=CC3)cn(C)c12. The van der Waals surface area contributed by atoms with Gasteiger partial charge in [-0.2, -0.15) is 0 Å². The Morgan fingerprint density at radius 2 is 2.14 bits per heavy atom. The van der Waals surface area contributed by atoms with Crippen LogP contribution in [0.15, 0.2) is 53.5 Å². The van der Waals surface area contributed by atoms with Gasteiger partial charge in [0.05, 0.1) is 10.2 Å². The maximum absolute atomic E-state index is 13.2. The van der Waals surface area contributed by atoms with E-state index in [1.807, 2.05) is 30.5 Å². The number of halogens is 1. The number of amides is 1. The third-order valence-electron chi connectivity index (χ3n) is 6.03. The Labute approximate surface area is 206 Å². The number of hydrogen-bond donors (Lipinski definition) is 2. The van der Waals surface area contributed by atoms with Crippen molar-refractivity contribution in [1.82, 2.24) is 24.8 Å². The Morgan fingerprint density at radius 1 is 1.40 bits per heavy atom. The van der Waals surface area contributed by atoms with Crippen LogP contribution in [0, 0.1) is 12.8 Å². The number of aromatic nitrogens is 3. The summed E-state index contributed by atoms with van der Waals surface area (Å²) < 4.78 is 15.5. The number of carbonyl (C=O) groups excluding carboxylic acids is 1. The second-order valence-electron chi connectivity index (χ2n) is 8.78. The van der Waals surface area contributed by atoms with E-state index in [1.165, 1.54) is 23.5 Å². The molecule has 35 heavy (non-hydrogen) atoms. The van der Waals surface area contributed by atoms with Crippen molar-refractivity contribution < 1.29 is 14.3 Å². The summed E-state index contributed by atoms with van der Waals surface area (Å²) in [6, 6.07) is 1.70. The van der Waals surface area contributed by atoms with E-state index < -0.39 is 12.0 Å². The number of carbonyl (C=O) groups is 1. The van der Waals surface area contributed by atoms with Crippen LogP contribution in [0.2, 0.25) is 0 Å². The van der Waals surface area contributed by atoms with E-state index in [2.05, 4.69) is 15.3 Å². The fraction of sp³-hybridized carbons (Fsp3) is 0.360. The number of nitrogens with zero attached hydrogens (tertiary/aromatic N) is 4. The summed E-state index contributed by atoms with van der Waals surface area (Å²) in [4.78, 5) is 37.2. The lowest BCUT2D eigenvalue weighted by Gasteiger charge is -2.19. The number of aryl methyl sites for hydroxylation is 2. The highest BCUT2D eigenvalue weighted by Crippen LogP contribution is 2.30. The number of nitrogens with one attached hydrogen (secondary N) is 1. The van der Waals surface area contributed by atoms with Crippen LogP contribution in [0.5, 0.6) is 0 Å². The van der Waals surface area contributed by atoms with Gasteiger partial charge in [-0.15, -0.1) is 11.3 Å². The van der Waals surface area contributed by atoms with E-state index >= 15 is 0 Å². The zero-order valence-electron chi connectivity index (χ0n) is 19.9. The van der Waals surface area contributed by atoms with Gasteiger partial charge in [0.25, 0.3) is 5.91 Å². The van der Waals surface area contributed by atoms with Crippen molar-refractivity contribution in [2.24, 2.45) is 13.0 Å². The maximum atomic E-state index is 13.2. The molecule has 0 aliphatic heterocycles. The van der Waals surface area contributed by atoms with Crippen molar-refractivity contribution in [2.45, 2.75) is 26.0 Å². The molecule has 1 unspecified atom stereocenters. The van der Waals surface area contributed by atoms with Crippen molar-refractivity contribution in [1.29, 1.82) is 0 Å². The Hall–Kier alpha value is -3.21. The van der Waals surface area contributed by atoms with Crippen LogP contribution in [0.1, 0.15) is 39.1 Å². The number of rotatable bonds is 8. The van der Waals surface area contributed by atoms with Crippen LogP contribution in [-0.4, -0.2) is 50.6 Å². The van der Waals surface area contributed by atoms with E-state index in [1.54, 1.807) is 30.7 Å². The van der Waals surface area contributed by atoms with Crippen molar-refractivity contribution in [3.05, 3.63) is 80.8 Å². The average Bonchev–Trinajstić information content (AvgIpc) is 3.17. The molecule has 3 aromatic heterocycles. The number of thiophene rings is 1. The molecule has 0 fully saturated rings. The minimum absolute atomic E-state index is 0.00575. The fourth-order valence-corrected chi connectivity index (χ4v) is 5.54. The number of hydrogen-bond acceptors (Lipinski definition) is 7. The summed E-state index contributed by atoms with van der Waals surface area (Å²) in [5.41, 5.74) is 1.54. The van der Waals surface area contributed by atoms with Crippen molar-refractivity contribution >= 4 is 27.5 Å². The highest BCUT2D eigenvalue weighted by molar-refractivity contribution is 7.19. The smallest absolute Gasteiger partial charge is 0.256 e. The van der Waals surface area contributed by atoms with E-state index in [0.717, 1.165) is 16.0 Å². The summed E-state index contributed by atoms with van der Waals surface area (Å²) in [5, 5.41) is 13.2. The van der Waals surface area contributed by atoms with Gasteiger partial charge in [-0.1, -0.05) is 6.08 Å². The maximum Gasteiger partial charge on any atom is 0.256 e. The van der Waals surface area contributed by atoms with Crippen LogP contribution in [-0.2, 0) is 13.6 Å². The summed E-state index contributed by atoms with van der Waals surface area (Å²) in [6.07, 6.45) is 9.03. The Balaban J connectivity index is 1.50. The molecule has 2 atom stereocenters. The number of aliphatic hydroxyl groups excluding tert-OH is 1. The van der Waals surface area contributed by atoms with Crippen molar-refractivity contribution in [3.8, 4) is 0 Å². The highest BCUT2D eigenvalue weighted by atomic mass is 32.1. The van der Waals surface area contributed by atoms with Gasteiger partial charge in [0, 0.05) is 50.1 Å². The normalized spacial score (nSPS) is 16.5. The molecule has 1 aliphatic rings. The Morgan fingerprint density at radius 3 is 2.83 bits per heavy atom. The van der Waals surface area contributed by atoms with Crippen LogP contribution in [0.25, 0.3) is 10.2 Å². The first kappa shape index (κ1) is 24.9. The lowest BCUT2D eigenvalue weighted by Crippen LogP contribution is -2.32. The Kier molecular flexibility index (Phi) is 7.54. The second kappa shape index (κ2) is 10.6. The van der Waals surface area contributed by atoms with Gasteiger partial charge in [0.2, 0.25) is 5.43 Å². The molecule has 4 rings (SSSR count). The molecule has 1 aliphatic carbocycles. The molecule has 0 bridgehead atoms. The molecule has 10 heteroatoms. The standard InChI is InChI=1S/C25H28FN5O3S/c1-15-20(14-30(2)13-19(32)24-27-9-4-10-28-24)35-23-21(15)31(3)12-18(22(23)33)25(34)29-11-16-5-7-17(26)8-6-16/h4-5,7-10,12,16,19,32H,6,11,13-14H2,1-3H3,(H,29,34)/t16?,19-/m1/s1. The number of fused-ring (bicyclic) bond motifs is 1. The molecule has 3 heterocycles. The largest absolute Gasteiger partial charge is 0.384 e. The summed E-state index contributed by atoms with van der Waals surface area (Å²) in [5.74, 6) is -0.356. The number of likely N-dealkylation sites (N-methyl/N-ethyl adjacent to an activating group) is 1. The molecule has 0 aromatic carbocycles. The van der Waals surface area contributed by atoms with Gasteiger partial charge in [-0.05, 0) is 50.1 Å². The van der Waals surface area contributed by atoms with Crippen LogP contribution >= 0.6 is 11.3 Å². The van der Waals surface area contributed by atoms with Crippen molar-refractivity contribution in [2.75, 3.05) is 20.1 Å². The predicted octanol–water partition coefficient (Wildman–Crippen LogP) is 3.02. The van der Waals surface area contributed by atoms with Gasteiger partial charge in [0.15, 0.2) is 5.82 Å². The molecule has 0 spiro atoms. The molecule has 184 valence electrons. The summed E-state index contributed by atoms with van der Waals surface area (Å²) in [6.45, 7) is 3.14. The van der Waals surface area contributed by atoms with Gasteiger partial charge in [-0.25, -0.2) is 14.4 Å². The number of pyridine rings is 1. The van der Waals surface area contributed by atoms with Gasteiger partial charge in [-0.3, -0.25) is 14.5 Å². The highest BCUT2D eigenvalue weighted by Gasteiger charge is 2.22. The molecule has 2 N–H and O–H groups in total. The first-order chi connectivity index (χ1) is 16.7. The lowest BCUT2D eigenvalue weighted by molar-refractivity contribution is 0.0948. The third-order valence-corrected chi connectivity index (χ3v) is 7.30. The topological polar surface area (TPSA) is 100 Å². The van der Waals surface area contributed by atoms with E-state index in [0.29, 0.717) is 36.6 Å². The van der Waals surface area contributed by atoms with Crippen LogP contribution in [0.4, 0.5) is 4.39 Å². The van der Waals surface area contributed by atoms with Gasteiger partial charge >= 0.3 is 0 Å². The quantitative estimate of drug-likeness (QED) is 0.496. The van der Waals surface area contributed by atoms with Crippen LogP contribution < -0.4 is 10.7 Å². The van der Waals surface area contributed by atoms with E-state index in [9.17, 15) is 19.1 Å². The monoisotopic (exact) mass is 497 g/mol. The molecular formula is C25H28FN5O3S. The van der Waals surface area contributed by atoms with Crippen LogP contribution in [0.3, 0.4) is 0 Å². The molecule has 8 nitrogen and oxygen atoms in total. The summed E-state index contributed by atoms with van der Waals surface area (Å²) >= 11 is 1.37. The molecule has 1 amide bonds. The third kappa shape index (κ3) is 5.55. The number of aliphatic hydroxyl groups is 1. The predicted molar refractivity (Wildman–Crippen MR) is 134 cm³/mol. The number of allylic oxidation sites excluding steroid dienone is 3. The lowest BCUT2D eigenvalue weighted by atomic mass is 10.0. The first-order valence-corrected chi connectivity index (χ1v) is 12.1. The minimum atomic E-state index is -0.830. The Bertz CT molecular complexity index is 1350. The molecule has 0 radical (unpaired) electrons. The zero-order chi connectivity index (χ0) is 25.1. The average molecular weight is 498 g/mol. The van der Waals surface area contributed by atoms with Gasteiger partial charge < -0.3 is 15.0 Å². The zero-order valence-corrected chi connectivity index (χ0v) is 20.7. The molecule has 3 aromatic rings. The summed E-state index contributed by atoms with van der Waals surface area (Å²) in [7, 11) is 3.70. The van der Waals surface area contributed by atoms with Crippen molar-refractivity contribution in [3.63, 3.8) is 0 Å². The fourth-order valence-electron chi connectivity index (χ4n) is 4.16.